The molecule has 2 fully saturated rings. The third-order valence-electron chi connectivity index (χ3n) is 6.99. The molecule has 0 atom stereocenters. The molecule has 1 amide bonds. The summed E-state index contributed by atoms with van der Waals surface area (Å²) < 4.78 is 0.865. The molecule has 2 aliphatic rings. The highest BCUT2D eigenvalue weighted by Crippen LogP contribution is 2.53. The van der Waals surface area contributed by atoms with Crippen LogP contribution in [0.5, 0.6) is 0 Å². The number of nitrogens with zero attached hydrogens (tertiary/aromatic N) is 2. The third kappa shape index (κ3) is 4.16. The number of likely N-dealkylation sites (tertiary alicyclic amines) is 1. The van der Waals surface area contributed by atoms with Gasteiger partial charge in [0.15, 0.2) is 0 Å². The maximum atomic E-state index is 12.7. The molecule has 4 rings (SSSR count). The lowest BCUT2D eigenvalue weighted by Gasteiger charge is -2.48. The molecule has 1 spiro atoms. The number of thiophene rings is 1. The van der Waals surface area contributed by atoms with Crippen LogP contribution in [0.2, 0.25) is 4.34 Å². The average molecular weight is 429 g/mol. The molecule has 1 aromatic carbocycles. The number of hydrogen-bond donors (Lipinski definition) is 0. The number of carbonyl (C=O) groups excluding carboxylic acids is 1. The topological polar surface area (TPSA) is 23.6 Å². The van der Waals surface area contributed by atoms with Crippen LogP contribution in [0.25, 0.3) is 6.08 Å². The van der Waals surface area contributed by atoms with Gasteiger partial charge in [0.25, 0.3) is 0 Å². The predicted octanol–water partition coefficient (Wildman–Crippen LogP) is 5.66. The largest absolute Gasteiger partial charge is 0.339 e. The first-order valence-electron chi connectivity index (χ1n) is 10.4. The Morgan fingerprint density at radius 2 is 1.79 bits per heavy atom. The second-order valence-corrected chi connectivity index (χ2v) is 10.5. The van der Waals surface area contributed by atoms with Crippen molar-refractivity contribution in [3.8, 4) is 0 Å². The van der Waals surface area contributed by atoms with Crippen LogP contribution in [0.4, 0.5) is 0 Å². The summed E-state index contributed by atoms with van der Waals surface area (Å²) in [5.74, 6) is 0.139. The fourth-order valence-corrected chi connectivity index (χ4v) is 6.41. The summed E-state index contributed by atoms with van der Waals surface area (Å²) in [6, 6.07) is 14.2. The van der Waals surface area contributed by atoms with Crippen molar-refractivity contribution in [1.82, 2.24) is 9.80 Å². The summed E-state index contributed by atoms with van der Waals surface area (Å²) in [5.41, 5.74) is 1.42. The average Bonchev–Trinajstić information content (AvgIpc) is 3.35. The van der Waals surface area contributed by atoms with Crippen molar-refractivity contribution in [1.29, 1.82) is 0 Å². The predicted molar refractivity (Wildman–Crippen MR) is 122 cm³/mol. The molecule has 0 radical (unpaired) electrons. The maximum absolute atomic E-state index is 12.7. The van der Waals surface area contributed by atoms with Crippen LogP contribution in [-0.4, -0.2) is 42.9 Å². The summed E-state index contributed by atoms with van der Waals surface area (Å²) in [5, 5.41) is 0. The van der Waals surface area contributed by atoms with Gasteiger partial charge in [0.2, 0.25) is 5.91 Å². The lowest BCUT2D eigenvalue weighted by Crippen LogP contribution is -2.47. The maximum Gasteiger partial charge on any atom is 0.246 e. The number of hydrogen-bond acceptors (Lipinski definition) is 3. The second-order valence-electron chi connectivity index (χ2n) is 8.78. The van der Waals surface area contributed by atoms with Crippen molar-refractivity contribution < 1.29 is 4.79 Å². The fourth-order valence-electron chi connectivity index (χ4n) is 5.04. The summed E-state index contributed by atoms with van der Waals surface area (Å²) in [4.78, 5) is 18.5. The third-order valence-corrected chi connectivity index (χ3v) is 8.42. The smallest absolute Gasteiger partial charge is 0.246 e. The van der Waals surface area contributed by atoms with Gasteiger partial charge in [0, 0.05) is 24.0 Å². The van der Waals surface area contributed by atoms with E-state index in [1.54, 1.807) is 17.4 Å². The molecule has 0 bridgehead atoms. The van der Waals surface area contributed by atoms with Crippen LogP contribution in [-0.2, 0) is 10.3 Å². The molecule has 0 N–H and O–H groups in total. The van der Waals surface area contributed by atoms with Gasteiger partial charge in [-0.1, -0.05) is 41.9 Å². The molecule has 0 unspecified atom stereocenters. The highest BCUT2D eigenvalue weighted by Gasteiger charge is 2.48. The van der Waals surface area contributed by atoms with Crippen molar-refractivity contribution in [3.63, 3.8) is 0 Å². The Hall–Kier alpha value is -1.62. The van der Waals surface area contributed by atoms with E-state index in [4.69, 9.17) is 11.6 Å². The molecule has 29 heavy (non-hydrogen) atoms. The first kappa shape index (κ1) is 20.6. The number of halogens is 1. The van der Waals surface area contributed by atoms with E-state index in [1.165, 1.54) is 4.88 Å². The van der Waals surface area contributed by atoms with E-state index in [0.29, 0.717) is 0 Å². The first-order valence-corrected chi connectivity index (χ1v) is 11.6. The SMILES string of the molecule is CN(C)C1(c2ccc(Cl)s2)CCC2(CCN(C(=O)C=Cc3ccccc3)C2)CC1. The lowest BCUT2D eigenvalue weighted by molar-refractivity contribution is -0.125. The Balaban J connectivity index is 1.41. The number of amides is 1. The minimum Gasteiger partial charge on any atom is -0.339 e. The molecule has 1 saturated heterocycles. The molecule has 154 valence electrons. The highest BCUT2D eigenvalue weighted by atomic mass is 35.5. The van der Waals surface area contributed by atoms with Gasteiger partial charge in [-0.05, 0) is 75.4 Å². The zero-order valence-electron chi connectivity index (χ0n) is 17.2. The Morgan fingerprint density at radius 1 is 1.07 bits per heavy atom. The van der Waals surface area contributed by atoms with Crippen LogP contribution < -0.4 is 0 Å². The van der Waals surface area contributed by atoms with Gasteiger partial charge in [-0.25, -0.2) is 0 Å². The molecule has 1 aliphatic heterocycles. The van der Waals surface area contributed by atoms with E-state index in [-0.39, 0.29) is 16.9 Å². The number of rotatable bonds is 4. The van der Waals surface area contributed by atoms with Gasteiger partial charge >= 0.3 is 0 Å². The summed E-state index contributed by atoms with van der Waals surface area (Å²) in [6.07, 6.45) is 9.34. The van der Waals surface area contributed by atoms with Crippen molar-refractivity contribution in [3.05, 3.63) is 63.3 Å². The molecular weight excluding hydrogens is 400 g/mol. The first-order chi connectivity index (χ1) is 13.9. The van der Waals surface area contributed by atoms with E-state index in [0.717, 1.165) is 55.1 Å². The monoisotopic (exact) mass is 428 g/mol. The normalized spacial score (nSPS) is 27.4. The standard InChI is InChI=1S/C24H29ClN2OS/c1-26(2)24(20-9-10-21(25)29-20)14-12-23(13-15-24)16-17-27(18-23)22(28)11-8-19-6-4-3-5-7-19/h3-11H,12-18H2,1-2H3. The molecule has 1 aliphatic carbocycles. The van der Waals surface area contributed by atoms with Crippen LogP contribution in [0.15, 0.2) is 48.5 Å². The van der Waals surface area contributed by atoms with Crippen LogP contribution >= 0.6 is 22.9 Å². The van der Waals surface area contributed by atoms with Gasteiger partial charge in [-0.15, -0.1) is 11.3 Å². The van der Waals surface area contributed by atoms with Crippen LogP contribution in [0, 0.1) is 5.41 Å². The van der Waals surface area contributed by atoms with Gasteiger partial charge in [0.1, 0.15) is 0 Å². The van der Waals surface area contributed by atoms with E-state index in [2.05, 4.69) is 25.1 Å². The zero-order chi connectivity index (χ0) is 20.5. The summed E-state index contributed by atoms with van der Waals surface area (Å²) >= 11 is 7.96. The number of benzene rings is 1. The van der Waals surface area contributed by atoms with E-state index in [1.807, 2.05) is 47.4 Å². The van der Waals surface area contributed by atoms with Gasteiger partial charge < -0.3 is 4.90 Å². The Kier molecular flexibility index (Phi) is 5.87. The second kappa shape index (κ2) is 8.25. The highest BCUT2D eigenvalue weighted by molar-refractivity contribution is 7.16. The van der Waals surface area contributed by atoms with Crippen LogP contribution in [0.1, 0.15) is 42.5 Å². The molecule has 2 aromatic rings. The molecular formula is C24H29ClN2OS. The molecule has 1 aromatic heterocycles. The van der Waals surface area contributed by atoms with Crippen molar-refractivity contribution in [2.24, 2.45) is 5.41 Å². The summed E-state index contributed by atoms with van der Waals surface area (Å²) in [7, 11) is 4.37. The molecule has 5 heteroatoms. The molecule has 2 heterocycles. The van der Waals surface area contributed by atoms with Crippen molar-refractivity contribution in [2.75, 3.05) is 27.2 Å². The van der Waals surface area contributed by atoms with Crippen LogP contribution in [0.3, 0.4) is 0 Å². The molecule has 3 nitrogen and oxygen atoms in total. The van der Waals surface area contributed by atoms with E-state index < -0.39 is 0 Å². The van der Waals surface area contributed by atoms with Crippen molar-refractivity contribution >= 4 is 34.9 Å². The zero-order valence-corrected chi connectivity index (χ0v) is 18.8. The minimum absolute atomic E-state index is 0.0771. The van der Waals surface area contributed by atoms with Gasteiger partial charge in [-0.2, -0.15) is 0 Å². The summed E-state index contributed by atoms with van der Waals surface area (Å²) in [6.45, 7) is 1.76. The fraction of sp³-hybridized carbons (Fsp3) is 0.458. The quantitative estimate of drug-likeness (QED) is 0.586. The molecule has 1 saturated carbocycles. The van der Waals surface area contributed by atoms with E-state index >= 15 is 0 Å². The van der Waals surface area contributed by atoms with Crippen molar-refractivity contribution in [2.45, 2.75) is 37.6 Å². The Labute approximate surface area is 183 Å². The minimum atomic E-state index is 0.0771. The number of carbonyl (C=O) groups is 1. The Bertz CT molecular complexity index is 881. The van der Waals surface area contributed by atoms with E-state index in [9.17, 15) is 4.79 Å². The van der Waals surface area contributed by atoms with Gasteiger partial charge in [0.05, 0.1) is 9.88 Å². The lowest BCUT2D eigenvalue weighted by atomic mass is 9.66. The van der Waals surface area contributed by atoms with Gasteiger partial charge in [-0.3, -0.25) is 9.69 Å². The Morgan fingerprint density at radius 3 is 2.41 bits per heavy atom.